The zero-order valence-corrected chi connectivity index (χ0v) is 12.9. The van der Waals surface area contributed by atoms with Crippen LogP contribution < -0.4 is 4.74 Å². The summed E-state index contributed by atoms with van der Waals surface area (Å²) in [6.07, 6.45) is 1.61. The summed E-state index contributed by atoms with van der Waals surface area (Å²) >= 11 is 0. The number of para-hydroxylation sites is 1. The fraction of sp³-hybridized carbons (Fsp3) is 0.562. The first-order valence-corrected chi connectivity index (χ1v) is 7.26. The summed E-state index contributed by atoms with van der Waals surface area (Å²) in [5.41, 5.74) is 1.09. The van der Waals surface area contributed by atoms with Crippen molar-refractivity contribution in [2.45, 2.75) is 52.2 Å². The van der Waals surface area contributed by atoms with E-state index < -0.39 is 12.0 Å². The van der Waals surface area contributed by atoms with Gasteiger partial charge in [0, 0.05) is 0 Å². The lowest BCUT2D eigenvalue weighted by atomic mass is 10.1. The van der Waals surface area contributed by atoms with Crippen molar-refractivity contribution in [2.24, 2.45) is 5.18 Å². The largest absolute Gasteiger partial charge is 0.493 e. The maximum Gasteiger partial charge on any atom is 0.334 e. The van der Waals surface area contributed by atoms with E-state index in [4.69, 9.17) is 9.47 Å². The minimum Gasteiger partial charge on any atom is -0.493 e. The maximum absolute atomic E-state index is 11.6. The molecule has 1 rings (SSSR count). The van der Waals surface area contributed by atoms with Crippen LogP contribution in [0.4, 0.5) is 0 Å². The molecule has 116 valence electrons. The number of nitrogens with zero attached hydrogens (tertiary/aromatic N) is 1. The van der Waals surface area contributed by atoms with Gasteiger partial charge in [-0.25, -0.2) is 4.79 Å². The van der Waals surface area contributed by atoms with Gasteiger partial charge in [0.2, 0.25) is 0 Å². The molecule has 0 aliphatic heterocycles. The second kappa shape index (κ2) is 9.10. The predicted octanol–water partition coefficient (Wildman–Crippen LogP) is 3.63. The molecule has 0 heterocycles. The highest BCUT2D eigenvalue weighted by Crippen LogP contribution is 2.17. The molecular formula is C16H23NO4. The molecule has 5 heteroatoms. The number of hydrogen-bond acceptors (Lipinski definition) is 5. The molecule has 0 spiro atoms. The highest BCUT2D eigenvalue weighted by molar-refractivity contribution is 5.76. The van der Waals surface area contributed by atoms with E-state index in [1.165, 1.54) is 0 Å². The third kappa shape index (κ3) is 6.38. The van der Waals surface area contributed by atoms with E-state index in [2.05, 4.69) is 5.18 Å². The van der Waals surface area contributed by atoms with Crippen LogP contribution in [0.3, 0.4) is 0 Å². The Morgan fingerprint density at radius 3 is 2.57 bits per heavy atom. The van der Waals surface area contributed by atoms with E-state index in [9.17, 15) is 9.70 Å². The molecule has 1 unspecified atom stereocenters. The molecular weight excluding hydrogens is 270 g/mol. The highest BCUT2D eigenvalue weighted by atomic mass is 16.5. The van der Waals surface area contributed by atoms with Gasteiger partial charge < -0.3 is 9.47 Å². The molecule has 0 aromatic heterocycles. The minimum atomic E-state index is -0.911. The second-order valence-corrected chi connectivity index (χ2v) is 5.22. The Morgan fingerprint density at radius 2 is 1.95 bits per heavy atom. The van der Waals surface area contributed by atoms with E-state index in [0.29, 0.717) is 19.4 Å². The average molecular weight is 293 g/mol. The van der Waals surface area contributed by atoms with Crippen molar-refractivity contribution in [1.82, 2.24) is 0 Å². The normalized spacial score (nSPS) is 12.0. The number of rotatable bonds is 9. The van der Waals surface area contributed by atoms with Crippen LogP contribution >= 0.6 is 0 Å². The number of benzene rings is 1. The van der Waals surface area contributed by atoms with Crippen molar-refractivity contribution in [2.75, 3.05) is 6.61 Å². The molecule has 0 radical (unpaired) electrons. The maximum atomic E-state index is 11.6. The van der Waals surface area contributed by atoms with Gasteiger partial charge in [0.15, 0.2) is 6.04 Å². The number of unbranched alkanes of at least 4 members (excludes halogenated alkanes) is 1. The summed E-state index contributed by atoms with van der Waals surface area (Å²) in [5.74, 6) is 0.321. The lowest BCUT2D eigenvalue weighted by Crippen LogP contribution is -2.24. The van der Waals surface area contributed by atoms with Crippen molar-refractivity contribution in [3.8, 4) is 5.75 Å². The van der Waals surface area contributed by atoms with E-state index in [1.807, 2.05) is 31.2 Å². The molecule has 1 aromatic carbocycles. The lowest BCUT2D eigenvalue weighted by Gasteiger charge is -2.12. The Bertz CT molecular complexity index is 459. The van der Waals surface area contributed by atoms with Gasteiger partial charge in [0.05, 0.1) is 12.7 Å². The molecule has 0 bridgehead atoms. The first-order valence-electron chi connectivity index (χ1n) is 7.26. The lowest BCUT2D eigenvalue weighted by molar-refractivity contribution is -0.149. The smallest absolute Gasteiger partial charge is 0.334 e. The topological polar surface area (TPSA) is 65.0 Å². The molecule has 0 fully saturated rings. The van der Waals surface area contributed by atoms with Gasteiger partial charge in [0.25, 0.3) is 0 Å². The first-order chi connectivity index (χ1) is 10.0. The minimum absolute atomic E-state index is 0.230. The van der Waals surface area contributed by atoms with E-state index in [0.717, 1.165) is 17.7 Å². The number of esters is 1. The van der Waals surface area contributed by atoms with Gasteiger partial charge in [-0.05, 0) is 51.7 Å². The average Bonchev–Trinajstić information content (AvgIpc) is 2.43. The van der Waals surface area contributed by atoms with Crippen LogP contribution in [0.1, 0.15) is 38.7 Å². The van der Waals surface area contributed by atoms with Gasteiger partial charge in [-0.3, -0.25) is 0 Å². The molecule has 21 heavy (non-hydrogen) atoms. The van der Waals surface area contributed by atoms with Crippen LogP contribution in [0.15, 0.2) is 29.4 Å². The molecule has 0 saturated carbocycles. The fourth-order valence-corrected chi connectivity index (χ4v) is 1.86. The first kappa shape index (κ1) is 17.1. The van der Waals surface area contributed by atoms with Crippen molar-refractivity contribution >= 4 is 5.97 Å². The van der Waals surface area contributed by atoms with Crippen LogP contribution in [0.5, 0.6) is 5.75 Å². The number of hydrogen-bond donors (Lipinski definition) is 0. The molecule has 0 saturated heterocycles. The molecule has 0 aliphatic rings. The third-order valence-corrected chi connectivity index (χ3v) is 2.97. The molecule has 0 N–H and O–H groups in total. The summed E-state index contributed by atoms with van der Waals surface area (Å²) < 4.78 is 10.6. The van der Waals surface area contributed by atoms with Gasteiger partial charge >= 0.3 is 5.97 Å². The summed E-state index contributed by atoms with van der Waals surface area (Å²) in [7, 11) is 0. The number of carbonyl (C=O) groups is 1. The Labute approximate surface area is 125 Å². The number of ether oxygens (including phenoxy) is 2. The van der Waals surface area contributed by atoms with E-state index in [1.54, 1.807) is 13.8 Å². The number of aryl methyl sites for hydroxylation is 1. The SMILES string of the molecule is Cc1ccccc1OCCCCC(N=O)C(=O)OC(C)C. The fourth-order valence-electron chi connectivity index (χ4n) is 1.86. The number of carbonyl (C=O) groups excluding carboxylic acids is 1. The monoisotopic (exact) mass is 293 g/mol. The molecule has 1 atom stereocenters. The van der Waals surface area contributed by atoms with Gasteiger partial charge in [-0.1, -0.05) is 23.4 Å². The molecule has 0 aliphatic carbocycles. The molecule has 5 nitrogen and oxygen atoms in total. The van der Waals surface area contributed by atoms with Crippen molar-refractivity contribution < 1.29 is 14.3 Å². The zero-order valence-electron chi connectivity index (χ0n) is 12.9. The van der Waals surface area contributed by atoms with Crippen LogP contribution in [0, 0.1) is 11.8 Å². The van der Waals surface area contributed by atoms with Crippen LogP contribution in [-0.2, 0) is 9.53 Å². The Morgan fingerprint density at radius 1 is 1.24 bits per heavy atom. The van der Waals surface area contributed by atoms with Crippen molar-refractivity contribution in [3.63, 3.8) is 0 Å². The Balaban J connectivity index is 2.25. The van der Waals surface area contributed by atoms with Gasteiger partial charge in [-0.2, -0.15) is 0 Å². The summed E-state index contributed by atoms with van der Waals surface area (Å²) in [5, 5.41) is 2.85. The Hall–Kier alpha value is -1.91. The summed E-state index contributed by atoms with van der Waals surface area (Å²) in [6.45, 7) is 6.03. The number of nitroso groups, excluding NO2 is 1. The summed E-state index contributed by atoms with van der Waals surface area (Å²) in [4.78, 5) is 22.2. The Kier molecular flexibility index (Phi) is 7.43. The quantitative estimate of drug-likeness (QED) is 0.396. The molecule has 0 amide bonds. The van der Waals surface area contributed by atoms with Crippen LogP contribution in [0.25, 0.3) is 0 Å². The highest BCUT2D eigenvalue weighted by Gasteiger charge is 2.21. The zero-order chi connectivity index (χ0) is 15.7. The van der Waals surface area contributed by atoms with E-state index >= 15 is 0 Å². The van der Waals surface area contributed by atoms with E-state index in [-0.39, 0.29) is 6.10 Å². The summed E-state index contributed by atoms with van der Waals surface area (Å²) in [6, 6.07) is 6.89. The predicted molar refractivity (Wildman–Crippen MR) is 81.3 cm³/mol. The van der Waals surface area contributed by atoms with Crippen LogP contribution in [-0.4, -0.2) is 24.7 Å². The van der Waals surface area contributed by atoms with Crippen molar-refractivity contribution in [1.29, 1.82) is 0 Å². The van der Waals surface area contributed by atoms with Crippen LogP contribution in [0.2, 0.25) is 0 Å². The third-order valence-electron chi connectivity index (χ3n) is 2.97. The second-order valence-electron chi connectivity index (χ2n) is 5.22. The van der Waals surface area contributed by atoms with Gasteiger partial charge in [0.1, 0.15) is 5.75 Å². The van der Waals surface area contributed by atoms with Gasteiger partial charge in [-0.15, -0.1) is 4.91 Å². The van der Waals surface area contributed by atoms with Crippen molar-refractivity contribution in [3.05, 3.63) is 34.7 Å². The standard InChI is InChI=1S/C16H23NO4/c1-12(2)21-16(18)14(17-19)9-6-7-11-20-15-10-5-4-8-13(15)3/h4-5,8,10,12,14H,6-7,9,11H2,1-3H3. The molecule has 1 aromatic rings.